The smallest absolute Gasteiger partial charge is 0.243 e. The summed E-state index contributed by atoms with van der Waals surface area (Å²) < 4.78 is 79.5. The number of hydrogen-bond acceptors (Lipinski definition) is 5. The standard InChI is InChI=1S/C18H21F2N3O4S2/c19-15-6-7-17(20)18(14-15)29(26,27)21-8-13-28(24,25)23-11-9-22(10-12-23)16-4-2-1-3-5-16/h1-7,14,21H,8-13H2. The third-order valence-electron chi connectivity index (χ3n) is 4.59. The molecule has 2 aromatic carbocycles. The monoisotopic (exact) mass is 445 g/mol. The number of piperazine rings is 1. The number of rotatable bonds is 7. The molecule has 0 saturated carbocycles. The van der Waals surface area contributed by atoms with Crippen molar-refractivity contribution < 1.29 is 25.6 Å². The maximum Gasteiger partial charge on any atom is 0.243 e. The third-order valence-corrected chi connectivity index (χ3v) is 7.94. The van der Waals surface area contributed by atoms with Crippen molar-refractivity contribution in [1.29, 1.82) is 0 Å². The average Bonchev–Trinajstić information content (AvgIpc) is 2.70. The number of anilines is 1. The second kappa shape index (κ2) is 8.74. The number of sulfonamides is 2. The van der Waals surface area contributed by atoms with Gasteiger partial charge in [0.25, 0.3) is 0 Å². The first-order valence-electron chi connectivity index (χ1n) is 8.91. The highest BCUT2D eigenvalue weighted by molar-refractivity contribution is 7.90. The molecule has 158 valence electrons. The van der Waals surface area contributed by atoms with Crippen molar-refractivity contribution in [3.05, 3.63) is 60.2 Å². The quantitative estimate of drug-likeness (QED) is 0.696. The van der Waals surface area contributed by atoms with Gasteiger partial charge in [-0.2, -0.15) is 4.31 Å². The minimum absolute atomic E-state index is 0.280. The van der Waals surface area contributed by atoms with Crippen LogP contribution in [0, 0.1) is 11.6 Å². The summed E-state index contributed by atoms with van der Waals surface area (Å²) in [7, 11) is -8.07. The molecule has 0 bridgehead atoms. The fourth-order valence-corrected chi connectivity index (χ4v) is 5.64. The molecule has 2 aromatic rings. The lowest BCUT2D eigenvalue weighted by molar-refractivity contribution is 0.385. The van der Waals surface area contributed by atoms with E-state index < -0.39 is 48.9 Å². The molecule has 0 spiro atoms. The van der Waals surface area contributed by atoms with Gasteiger partial charge in [-0.3, -0.25) is 0 Å². The van der Waals surface area contributed by atoms with Crippen LogP contribution in [0.2, 0.25) is 0 Å². The highest BCUT2D eigenvalue weighted by atomic mass is 32.2. The van der Waals surface area contributed by atoms with Crippen LogP contribution in [-0.4, -0.2) is 59.6 Å². The normalized spacial score (nSPS) is 16.1. The Morgan fingerprint density at radius 2 is 1.55 bits per heavy atom. The zero-order valence-corrected chi connectivity index (χ0v) is 17.1. The average molecular weight is 446 g/mol. The Kier molecular flexibility index (Phi) is 6.52. The molecular weight excluding hydrogens is 424 g/mol. The van der Waals surface area contributed by atoms with Gasteiger partial charge in [-0.15, -0.1) is 0 Å². The number of halogens is 2. The van der Waals surface area contributed by atoms with E-state index in [1.807, 2.05) is 35.1 Å². The maximum atomic E-state index is 13.7. The molecule has 11 heteroatoms. The molecule has 0 aromatic heterocycles. The number of para-hydroxylation sites is 1. The lowest BCUT2D eigenvalue weighted by atomic mass is 10.2. The first kappa shape index (κ1) is 21.6. The Morgan fingerprint density at radius 3 is 2.21 bits per heavy atom. The van der Waals surface area contributed by atoms with Crippen LogP contribution in [0.5, 0.6) is 0 Å². The molecule has 0 aliphatic carbocycles. The van der Waals surface area contributed by atoms with Crippen LogP contribution in [0.15, 0.2) is 53.4 Å². The molecule has 0 radical (unpaired) electrons. The van der Waals surface area contributed by atoms with Crippen molar-refractivity contribution in [2.24, 2.45) is 0 Å². The zero-order chi connectivity index (χ0) is 21.1. The topological polar surface area (TPSA) is 86.8 Å². The van der Waals surface area contributed by atoms with Gasteiger partial charge in [-0.05, 0) is 30.3 Å². The summed E-state index contributed by atoms with van der Waals surface area (Å²) in [5.41, 5.74) is 1.01. The fourth-order valence-electron chi connectivity index (χ4n) is 3.06. The molecule has 1 N–H and O–H groups in total. The fraction of sp³-hybridized carbons (Fsp3) is 0.333. The van der Waals surface area contributed by atoms with Crippen LogP contribution in [-0.2, 0) is 20.0 Å². The summed E-state index contributed by atoms with van der Waals surface area (Å²) in [6.07, 6.45) is 0. The van der Waals surface area contributed by atoms with E-state index in [1.165, 1.54) is 4.31 Å². The van der Waals surface area contributed by atoms with Crippen molar-refractivity contribution in [3.63, 3.8) is 0 Å². The molecule has 1 aliphatic heterocycles. The Morgan fingerprint density at radius 1 is 0.897 bits per heavy atom. The predicted octanol–water partition coefficient (Wildman–Crippen LogP) is 1.40. The Labute approximate surface area is 169 Å². The summed E-state index contributed by atoms with van der Waals surface area (Å²) in [6.45, 7) is 1.15. The van der Waals surface area contributed by atoms with E-state index in [0.29, 0.717) is 25.2 Å². The zero-order valence-electron chi connectivity index (χ0n) is 15.5. The van der Waals surface area contributed by atoms with Gasteiger partial charge in [0.1, 0.15) is 16.5 Å². The summed E-state index contributed by atoms with van der Waals surface area (Å²) in [4.78, 5) is 1.22. The summed E-state index contributed by atoms with van der Waals surface area (Å²) in [6, 6.07) is 11.7. The van der Waals surface area contributed by atoms with Gasteiger partial charge in [0.2, 0.25) is 20.0 Å². The van der Waals surface area contributed by atoms with Crippen molar-refractivity contribution in [2.45, 2.75) is 4.90 Å². The molecule has 0 unspecified atom stereocenters. The molecule has 7 nitrogen and oxygen atoms in total. The molecule has 3 rings (SSSR count). The van der Waals surface area contributed by atoms with Crippen LogP contribution in [0.25, 0.3) is 0 Å². The lowest BCUT2D eigenvalue weighted by Gasteiger charge is -2.35. The first-order valence-corrected chi connectivity index (χ1v) is 12.0. The summed E-state index contributed by atoms with van der Waals surface area (Å²) in [5, 5.41) is 0. The van der Waals surface area contributed by atoms with E-state index in [0.717, 1.165) is 11.8 Å². The number of benzene rings is 2. The molecule has 1 fully saturated rings. The van der Waals surface area contributed by atoms with Gasteiger partial charge in [-0.25, -0.2) is 30.3 Å². The van der Waals surface area contributed by atoms with Gasteiger partial charge >= 0.3 is 0 Å². The minimum Gasteiger partial charge on any atom is -0.369 e. The van der Waals surface area contributed by atoms with E-state index >= 15 is 0 Å². The van der Waals surface area contributed by atoms with Crippen LogP contribution in [0.4, 0.5) is 14.5 Å². The molecule has 1 heterocycles. The first-order chi connectivity index (χ1) is 13.7. The SMILES string of the molecule is O=S(=O)(NCCS(=O)(=O)N1CCN(c2ccccc2)CC1)c1cc(F)ccc1F. The number of nitrogens with zero attached hydrogens (tertiary/aromatic N) is 2. The predicted molar refractivity (Wildman–Crippen MR) is 106 cm³/mol. The van der Waals surface area contributed by atoms with Crippen molar-refractivity contribution in [3.8, 4) is 0 Å². The van der Waals surface area contributed by atoms with E-state index in [-0.39, 0.29) is 13.1 Å². The maximum absolute atomic E-state index is 13.7. The van der Waals surface area contributed by atoms with Gasteiger partial charge < -0.3 is 4.90 Å². The molecule has 0 amide bonds. The van der Waals surface area contributed by atoms with E-state index in [9.17, 15) is 25.6 Å². The van der Waals surface area contributed by atoms with Crippen molar-refractivity contribution >= 4 is 25.7 Å². The summed E-state index contributed by atoms with van der Waals surface area (Å²) in [5.74, 6) is -2.50. The van der Waals surface area contributed by atoms with Gasteiger partial charge in [-0.1, -0.05) is 18.2 Å². The second-order valence-corrected chi connectivity index (χ2v) is 10.3. The molecule has 1 saturated heterocycles. The van der Waals surface area contributed by atoms with Crippen molar-refractivity contribution in [2.75, 3.05) is 43.4 Å². The third kappa shape index (κ3) is 5.30. The van der Waals surface area contributed by atoms with Crippen LogP contribution in [0.1, 0.15) is 0 Å². The number of hydrogen-bond donors (Lipinski definition) is 1. The van der Waals surface area contributed by atoms with Gasteiger partial charge in [0, 0.05) is 38.4 Å². The second-order valence-electron chi connectivity index (χ2n) is 6.51. The molecule has 29 heavy (non-hydrogen) atoms. The van der Waals surface area contributed by atoms with Crippen LogP contribution in [0.3, 0.4) is 0 Å². The molecular formula is C18H21F2N3O4S2. The minimum atomic E-state index is -4.37. The highest BCUT2D eigenvalue weighted by Gasteiger charge is 2.28. The number of nitrogens with one attached hydrogen (secondary N) is 1. The summed E-state index contributed by atoms with van der Waals surface area (Å²) >= 11 is 0. The Hall–Kier alpha value is -2.08. The van der Waals surface area contributed by atoms with Gasteiger partial charge in [0.05, 0.1) is 5.75 Å². The lowest BCUT2D eigenvalue weighted by Crippen LogP contribution is -2.50. The van der Waals surface area contributed by atoms with Gasteiger partial charge in [0.15, 0.2) is 0 Å². The molecule has 1 aliphatic rings. The Balaban J connectivity index is 1.56. The van der Waals surface area contributed by atoms with Crippen molar-refractivity contribution in [1.82, 2.24) is 9.03 Å². The van der Waals surface area contributed by atoms with Crippen LogP contribution < -0.4 is 9.62 Å². The van der Waals surface area contributed by atoms with E-state index in [1.54, 1.807) is 0 Å². The largest absolute Gasteiger partial charge is 0.369 e. The van der Waals surface area contributed by atoms with Crippen LogP contribution >= 0.6 is 0 Å². The Bertz CT molecular complexity index is 1060. The van der Waals surface area contributed by atoms with E-state index in [2.05, 4.69) is 4.90 Å². The van der Waals surface area contributed by atoms with E-state index in [4.69, 9.17) is 0 Å². The highest BCUT2D eigenvalue weighted by Crippen LogP contribution is 2.18. The molecule has 0 atom stereocenters.